The van der Waals surface area contributed by atoms with E-state index in [9.17, 15) is 14.4 Å². The Kier molecular flexibility index (Phi) is 9.80. The van der Waals surface area contributed by atoms with E-state index in [0.717, 1.165) is 12.8 Å². The lowest BCUT2D eigenvalue weighted by Crippen LogP contribution is -2.38. The number of carbonyl (C=O) groups excluding carboxylic acids is 3. The van der Waals surface area contributed by atoms with Gasteiger partial charge in [0, 0.05) is 12.2 Å². The van der Waals surface area contributed by atoms with E-state index >= 15 is 0 Å². The van der Waals surface area contributed by atoms with Crippen LogP contribution in [0.1, 0.15) is 25.3 Å². The Bertz CT molecular complexity index is 966. The molecule has 0 aliphatic rings. The Morgan fingerprint density at radius 1 is 1.06 bits per heavy atom. The van der Waals surface area contributed by atoms with Gasteiger partial charge in [-0.05, 0) is 42.3 Å². The summed E-state index contributed by atoms with van der Waals surface area (Å²) in [7, 11) is 0. The summed E-state index contributed by atoms with van der Waals surface area (Å²) in [4.78, 5) is 35.2. The quantitative estimate of drug-likeness (QED) is 0.228. The highest BCUT2D eigenvalue weighted by atomic mass is 35.5. The van der Waals surface area contributed by atoms with E-state index in [0.29, 0.717) is 33.6 Å². The van der Waals surface area contributed by atoms with Crippen molar-refractivity contribution >= 4 is 52.8 Å². The highest BCUT2D eigenvalue weighted by Gasteiger charge is 2.11. The van der Waals surface area contributed by atoms with Crippen LogP contribution in [-0.2, 0) is 14.4 Å². The van der Waals surface area contributed by atoms with Crippen molar-refractivity contribution in [2.75, 3.05) is 18.5 Å². The van der Waals surface area contributed by atoms with Gasteiger partial charge in [0.1, 0.15) is 5.75 Å². The molecular weight excluding hydrogens is 443 g/mol. The zero-order valence-corrected chi connectivity index (χ0v) is 18.3. The summed E-state index contributed by atoms with van der Waals surface area (Å²) < 4.78 is 5.47. The van der Waals surface area contributed by atoms with Crippen LogP contribution in [0.2, 0.25) is 10.0 Å². The van der Waals surface area contributed by atoms with Gasteiger partial charge in [-0.3, -0.25) is 14.4 Å². The molecule has 0 aliphatic carbocycles. The van der Waals surface area contributed by atoms with E-state index in [4.69, 9.17) is 27.9 Å². The Morgan fingerprint density at radius 2 is 1.87 bits per heavy atom. The van der Waals surface area contributed by atoms with Crippen LogP contribution >= 0.6 is 23.2 Å². The third-order valence-corrected chi connectivity index (χ3v) is 4.57. The maximum Gasteiger partial charge on any atom is 0.329 e. The predicted molar refractivity (Wildman–Crippen MR) is 121 cm³/mol. The first-order valence-corrected chi connectivity index (χ1v) is 10.2. The van der Waals surface area contributed by atoms with Crippen molar-refractivity contribution < 1.29 is 19.1 Å². The van der Waals surface area contributed by atoms with Gasteiger partial charge in [-0.1, -0.05) is 48.7 Å². The fourth-order valence-electron chi connectivity index (χ4n) is 2.28. The molecule has 0 bridgehead atoms. The number of hydrogen-bond acceptors (Lipinski definition) is 5. The smallest absolute Gasteiger partial charge is 0.329 e. The third-order valence-electron chi connectivity index (χ3n) is 3.83. The molecule has 0 aliphatic heterocycles. The number of carbonyl (C=O) groups is 3. The summed E-state index contributed by atoms with van der Waals surface area (Å²) in [5, 5.41) is 9.62. The fourth-order valence-corrected chi connectivity index (χ4v) is 2.58. The van der Waals surface area contributed by atoms with Gasteiger partial charge in [0.2, 0.25) is 0 Å². The Balaban J connectivity index is 1.82. The monoisotopic (exact) mass is 464 g/mol. The van der Waals surface area contributed by atoms with Crippen LogP contribution in [0, 0.1) is 0 Å². The van der Waals surface area contributed by atoms with Gasteiger partial charge in [0.05, 0.1) is 16.3 Å². The maximum atomic E-state index is 12.0. The van der Waals surface area contributed by atoms with E-state index in [1.54, 1.807) is 36.4 Å². The van der Waals surface area contributed by atoms with Crippen LogP contribution in [0.25, 0.3) is 0 Å². The second-order valence-corrected chi connectivity index (χ2v) is 7.16. The molecule has 2 aromatic carbocycles. The van der Waals surface area contributed by atoms with E-state index in [2.05, 4.69) is 21.2 Å². The summed E-state index contributed by atoms with van der Waals surface area (Å²) in [5.74, 6) is -1.54. The molecule has 0 spiro atoms. The number of rotatable bonds is 9. The summed E-state index contributed by atoms with van der Waals surface area (Å²) in [5.41, 5.74) is 3.26. The van der Waals surface area contributed by atoms with Crippen molar-refractivity contribution in [3.8, 4) is 5.75 Å². The zero-order valence-electron chi connectivity index (χ0n) is 16.8. The van der Waals surface area contributed by atoms with Crippen molar-refractivity contribution in [1.29, 1.82) is 0 Å². The second kappa shape index (κ2) is 12.6. The number of anilines is 1. The van der Waals surface area contributed by atoms with Crippen molar-refractivity contribution in [1.82, 2.24) is 10.7 Å². The molecule has 0 atom stereocenters. The largest absolute Gasteiger partial charge is 0.484 e. The third kappa shape index (κ3) is 8.65. The molecule has 2 rings (SSSR count). The molecule has 8 nitrogen and oxygen atoms in total. The fraction of sp³-hybridized carbons (Fsp3) is 0.238. The average molecular weight is 465 g/mol. The minimum absolute atomic E-state index is 0.227. The predicted octanol–water partition coefficient (Wildman–Crippen LogP) is 3.38. The van der Waals surface area contributed by atoms with Crippen LogP contribution in [0.3, 0.4) is 0 Å². The van der Waals surface area contributed by atoms with E-state index < -0.39 is 11.8 Å². The molecule has 31 heavy (non-hydrogen) atoms. The normalized spacial score (nSPS) is 10.5. The maximum absolute atomic E-state index is 12.0. The molecule has 0 unspecified atom stereocenters. The SMILES string of the molecule is CCCCNC(=O)C(=O)N/N=C\c1cccc(OCC(=O)Nc2ccc(Cl)c(Cl)c2)c1. The minimum atomic E-state index is -0.848. The number of unbranched alkanes of at least 4 members (excludes halogenated alkanes) is 1. The van der Waals surface area contributed by atoms with Gasteiger partial charge < -0.3 is 15.4 Å². The Hall–Kier alpha value is -3.10. The molecule has 0 heterocycles. The molecule has 2 aromatic rings. The minimum Gasteiger partial charge on any atom is -0.484 e. The lowest BCUT2D eigenvalue weighted by atomic mass is 10.2. The Labute approximate surface area is 189 Å². The van der Waals surface area contributed by atoms with Crippen LogP contribution in [0.15, 0.2) is 47.6 Å². The lowest BCUT2D eigenvalue weighted by Gasteiger charge is -2.08. The molecule has 164 valence electrons. The first-order chi connectivity index (χ1) is 14.9. The molecule has 10 heteroatoms. The number of nitrogens with one attached hydrogen (secondary N) is 3. The molecule has 0 saturated heterocycles. The first-order valence-electron chi connectivity index (χ1n) is 9.48. The Morgan fingerprint density at radius 3 is 2.61 bits per heavy atom. The lowest BCUT2D eigenvalue weighted by molar-refractivity contribution is -0.139. The highest BCUT2D eigenvalue weighted by Crippen LogP contribution is 2.25. The van der Waals surface area contributed by atoms with Crippen LogP contribution in [0.5, 0.6) is 5.75 Å². The van der Waals surface area contributed by atoms with Crippen LogP contribution in [-0.4, -0.2) is 37.1 Å². The summed E-state index contributed by atoms with van der Waals surface area (Å²) in [6.07, 6.45) is 3.07. The molecular formula is C21H22Cl2N4O4. The van der Waals surface area contributed by atoms with Crippen molar-refractivity contribution in [2.24, 2.45) is 5.10 Å². The van der Waals surface area contributed by atoms with Crippen LogP contribution < -0.4 is 20.8 Å². The summed E-state index contributed by atoms with van der Waals surface area (Å²) in [6, 6.07) is 11.5. The molecule has 0 fully saturated rings. The van der Waals surface area contributed by atoms with Crippen molar-refractivity contribution in [3.05, 3.63) is 58.1 Å². The number of hydrazone groups is 1. The van der Waals surface area contributed by atoms with Gasteiger partial charge >= 0.3 is 11.8 Å². The molecule has 3 N–H and O–H groups in total. The molecule has 0 saturated carbocycles. The topological polar surface area (TPSA) is 109 Å². The standard InChI is InChI=1S/C21H22Cl2N4O4/c1-2-3-9-24-20(29)21(30)27-25-12-14-5-4-6-16(10-14)31-13-19(28)26-15-7-8-17(22)18(23)11-15/h4-8,10-12H,2-3,9,13H2,1H3,(H,24,29)(H,26,28)(H,27,30)/b25-12-. The van der Waals surface area contributed by atoms with Gasteiger partial charge in [0.25, 0.3) is 5.91 Å². The number of hydrogen-bond donors (Lipinski definition) is 3. The van der Waals surface area contributed by atoms with Gasteiger partial charge in [-0.25, -0.2) is 5.43 Å². The van der Waals surface area contributed by atoms with Gasteiger partial charge in [-0.2, -0.15) is 5.10 Å². The second-order valence-electron chi connectivity index (χ2n) is 6.35. The first kappa shape index (κ1) is 24.2. The van der Waals surface area contributed by atoms with Gasteiger partial charge in [0.15, 0.2) is 6.61 Å². The zero-order chi connectivity index (χ0) is 22.6. The molecule has 0 radical (unpaired) electrons. The number of amides is 3. The van der Waals surface area contributed by atoms with Crippen LogP contribution in [0.4, 0.5) is 5.69 Å². The summed E-state index contributed by atoms with van der Waals surface area (Å²) >= 11 is 11.8. The average Bonchev–Trinajstić information content (AvgIpc) is 2.75. The molecule has 3 amide bonds. The summed E-state index contributed by atoms with van der Waals surface area (Å²) in [6.45, 7) is 2.19. The van der Waals surface area contributed by atoms with E-state index in [-0.39, 0.29) is 12.5 Å². The highest BCUT2D eigenvalue weighted by molar-refractivity contribution is 6.42. The number of halogens is 2. The number of benzene rings is 2. The van der Waals surface area contributed by atoms with Crippen molar-refractivity contribution in [2.45, 2.75) is 19.8 Å². The van der Waals surface area contributed by atoms with Gasteiger partial charge in [-0.15, -0.1) is 0 Å². The number of ether oxygens (including phenoxy) is 1. The van der Waals surface area contributed by atoms with E-state index in [1.165, 1.54) is 12.3 Å². The number of nitrogens with zero attached hydrogens (tertiary/aromatic N) is 1. The van der Waals surface area contributed by atoms with E-state index in [1.807, 2.05) is 6.92 Å². The molecule has 0 aromatic heterocycles. The van der Waals surface area contributed by atoms with Crippen molar-refractivity contribution in [3.63, 3.8) is 0 Å².